The summed E-state index contributed by atoms with van der Waals surface area (Å²) in [5.74, 6) is 0. The van der Waals surface area contributed by atoms with Crippen molar-refractivity contribution in [3.63, 3.8) is 0 Å². The van der Waals surface area contributed by atoms with Gasteiger partial charge in [-0.05, 0) is 66.2 Å². The maximum absolute atomic E-state index is 6.19. The van der Waals surface area contributed by atoms with Crippen LogP contribution >= 0.6 is 0 Å². The van der Waals surface area contributed by atoms with Crippen LogP contribution in [0.25, 0.3) is 0 Å². The molecule has 0 bridgehead atoms. The molecule has 1 heterocycles. The standard InChI is InChI=1S/C15H33N3/c1-6-14(3,4)17(5)15(13-16)9-8-11-18(7-2)12-10-15/h6-13,16H2,1-5H3. The van der Waals surface area contributed by atoms with Gasteiger partial charge in [0.15, 0.2) is 0 Å². The van der Waals surface area contributed by atoms with Crippen LogP contribution in [0.2, 0.25) is 0 Å². The largest absolute Gasteiger partial charge is 0.329 e. The number of rotatable bonds is 5. The van der Waals surface area contributed by atoms with Gasteiger partial charge in [0.05, 0.1) is 0 Å². The Bertz CT molecular complexity index is 252. The molecule has 18 heavy (non-hydrogen) atoms. The average Bonchev–Trinajstić information content (AvgIpc) is 2.60. The maximum atomic E-state index is 6.19. The molecule has 0 aromatic heterocycles. The van der Waals surface area contributed by atoms with E-state index in [0.717, 1.165) is 6.54 Å². The molecule has 1 fully saturated rings. The van der Waals surface area contributed by atoms with Gasteiger partial charge in [0.25, 0.3) is 0 Å². The Morgan fingerprint density at radius 2 is 1.89 bits per heavy atom. The topological polar surface area (TPSA) is 32.5 Å². The molecular formula is C15H33N3. The summed E-state index contributed by atoms with van der Waals surface area (Å²) in [7, 11) is 2.28. The summed E-state index contributed by atoms with van der Waals surface area (Å²) in [6.07, 6.45) is 4.88. The number of hydrogen-bond donors (Lipinski definition) is 1. The molecule has 1 saturated heterocycles. The highest BCUT2D eigenvalue weighted by Gasteiger charge is 2.40. The number of nitrogens with zero attached hydrogens (tertiary/aromatic N) is 2. The van der Waals surface area contributed by atoms with Crippen LogP contribution in [-0.2, 0) is 0 Å². The predicted octanol–water partition coefficient (Wildman–Crippen LogP) is 2.31. The molecule has 0 amide bonds. The lowest BCUT2D eigenvalue weighted by Gasteiger charge is -2.49. The van der Waals surface area contributed by atoms with Crippen molar-refractivity contribution < 1.29 is 0 Å². The fraction of sp³-hybridized carbons (Fsp3) is 1.00. The summed E-state index contributed by atoms with van der Waals surface area (Å²) >= 11 is 0. The fourth-order valence-corrected chi connectivity index (χ4v) is 3.11. The Balaban J connectivity index is 2.85. The second-order valence-electron chi connectivity index (χ2n) is 6.44. The van der Waals surface area contributed by atoms with Gasteiger partial charge >= 0.3 is 0 Å². The van der Waals surface area contributed by atoms with Gasteiger partial charge in [0, 0.05) is 17.6 Å². The third kappa shape index (κ3) is 3.25. The zero-order valence-corrected chi connectivity index (χ0v) is 13.1. The van der Waals surface area contributed by atoms with Crippen molar-refractivity contribution in [1.82, 2.24) is 9.80 Å². The summed E-state index contributed by atoms with van der Waals surface area (Å²) in [5.41, 5.74) is 6.62. The van der Waals surface area contributed by atoms with Gasteiger partial charge in [0.1, 0.15) is 0 Å². The van der Waals surface area contributed by atoms with E-state index in [1.54, 1.807) is 0 Å². The molecule has 0 aliphatic carbocycles. The molecule has 3 heteroatoms. The third-order valence-electron chi connectivity index (χ3n) is 5.32. The Morgan fingerprint density at radius 1 is 1.22 bits per heavy atom. The quantitative estimate of drug-likeness (QED) is 0.818. The molecule has 1 unspecified atom stereocenters. The Labute approximate surface area is 114 Å². The van der Waals surface area contributed by atoms with Crippen LogP contribution in [0.4, 0.5) is 0 Å². The molecule has 1 rings (SSSR count). The van der Waals surface area contributed by atoms with E-state index in [4.69, 9.17) is 5.73 Å². The van der Waals surface area contributed by atoms with Gasteiger partial charge in [0.2, 0.25) is 0 Å². The second kappa shape index (κ2) is 6.36. The second-order valence-corrected chi connectivity index (χ2v) is 6.44. The normalized spacial score (nSPS) is 27.5. The lowest BCUT2D eigenvalue weighted by molar-refractivity contribution is 0.0134. The van der Waals surface area contributed by atoms with E-state index in [1.165, 1.54) is 45.3 Å². The van der Waals surface area contributed by atoms with Crippen molar-refractivity contribution in [3.8, 4) is 0 Å². The Hall–Kier alpha value is -0.120. The number of likely N-dealkylation sites (tertiary alicyclic amines) is 1. The minimum Gasteiger partial charge on any atom is -0.329 e. The number of nitrogens with two attached hydrogens (primary N) is 1. The van der Waals surface area contributed by atoms with Gasteiger partial charge in [-0.1, -0.05) is 13.8 Å². The van der Waals surface area contributed by atoms with E-state index in [2.05, 4.69) is 44.5 Å². The summed E-state index contributed by atoms with van der Waals surface area (Å²) in [4.78, 5) is 5.13. The van der Waals surface area contributed by atoms with Crippen LogP contribution in [0.5, 0.6) is 0 Å². The first-order valence-electron chi connectivity index (χ1n) is 7.58. The Kier molecular flexibility index (Phi) is 5.63. The van der Waals surface area contributed by atoms with Gasteiger partial charge in [-0.15, -0.1) is 0 Å². The van der Waals surface area contributed by atoms with Gasteiger partial charge in [-0.3, -0.25) is 4.90 Å². The van der Waals surface area contributed by atoms with Crippen molar-refractivity contribution in [2.45, 2.75) is 64.5 Å². The molecule has 0 radical (unpaired) electrons. The minimum absolute atomic E-state index is 0.198. The molecule has 1 aliphatic heterocycles. The molecular weight excluding hydrogens is 222 g/mol. The van der Waals surface area contributed by atoms with Crippen LogP contribution in [0.1, 0.15) is 53.4 Å². The van der Waals surface area contributed by atoms with Crippen LogP contribution in [-0.4, -0.2) is 54.1 Å². The highest BCUT2D eigenvalue weighted by atomic mass is 15.3. The molecule has 1 aliphatic rings. The van der Waals surface area contributed by atoms with Crippen molar-refractivity contribution in [2.75, 3.05) is 33.2 Å². The highest BCUT2D eigenvalue weighted by Crippen LogP contribution is 2.33. The molecule has 0 aromatic carbocycles. The van der Waals surface area contributed by atoms with E-state index in [1.807, 2.05) is 0 Å². The first-order valence-corrected chi connectivity index (χ1v) is 7.58. The molecule has 0 saturated carbocycles. The van der Waals surface area contributed by atoms with E-state index in [9.17, 15) is 0 Å². The van der Waals surface area contributed by atoms with Crippen molar-refractivity contribution in [3.05, 3.63) is 0 Å². The van der Waals surface area contributed by atoms with E-state index in [-0.39, 0.29) is 11.1 Å². The molecule has 3 nitrogen and oxygen atoms in total. The smallest absolute Gasteiger partial charge is 0.0346 e. The molecule has 0 spiro atoms. The lowest BCUT2D eigenvalue weighted by atomic mass is 9.84. The average molecular weight is 255 g/mol. The van der Waals surface area contributed by atoms with Crippen molar-refractivity contribution >= 4 is 0 Å². The summed E-state index contributed by atoms with van der Waals surface area (Å²) in [5, 5.41) is 0. The lowest BCUT2D eigenvalue weighted by Crippen LogP contribution is -2.60. The first kappa shape index (κ1) is 15.9. The minimum atomic E-state index is 0.198. The van der Waals surface area contributed by atoms with Crippen molar-refractivity contribution in [1.29, 1.82) is 0 Å². The van der Waals surface area contributed by atoms with Gasteiger partial charge < -0.3 is 10.6 Å². The zero-order valence-electron chi connectivity index (χ0n) is 13.1. The van der Waals surface area contributed by atoms with Gasteiger partial charge in [-0.2, -0.15) is 0 Å². The summed E-state index contributed by atoms with van der Waals surface area (Å²) < 4.78 is 0. The fourth-order valence-electron chi connectivity index (χ4n) is 3.11. The van der Waals surface area contributed by atoms with E-state index < -0.39 is 0 Å². The monoisotopic (exact) mass is 255 g/mol. The zero-order chi connectivity index (χ0) is 13.8. The molecule has 0 aromatic rings. The van der Waals surface area contributed by atoms with E-state index >= 15 is 0 Å². The van der Waals surface area contributed by atoms with Crippen LogP contribution in [0.3, 0.4) is 0 Å². The third-order valence-corrected chi connectivity index (χ3v) is 5.32. The SMILES string of the molecule is CCN1CCCC(CN)(N(C)C(C)(C)CC)CC1. The van der Waals surface area contributed by atoms with Crippen molar-refractivity contribution in [2.24, 2.45) is 5.73 Å². The van der Waals surface area contributed by atoms with Crippen LogP contribution in [0, 0.1) is 0 Å². The summed E-state index contributed by atoms with van der Waals surface area (Å²) in [6, 6.07) is 0. The molecule has 2 N–H and O–H groups in total. The van der Waals surface area contributed by atoms with Crippen LogP contribution < -0.4 is 5.73 Å². The Morgan fingerprint density at radius 3 is 2.39 bits per heavy atom. The first-order chi connectivity index (χ1) is 8.41. The number of hydrogen-bond acceptors (Lipinski definition) is 3. The molecule has 108 valence electrons. The maximum Gasteiger partial charge on any atom is 0.0346 e. The number of likely N-dealkylation sites (N-methyl/N-ethyl adjacent to an activating group) is 1. The molecule has 1 atom stereocenters. The highest BCUT2D eigenvalue weighted by molar-refractivity contribution is 4.98. The van der Waals surface area contributed by atoms with Crippen LogP contribution in [0.15, 0.2) is 0 Å². The van der Waals surface area contributed by atoms with E-state index in [0.29, 0.717) is 0 Å². The van der Waals surface area contributed by atoms with Gasteiger partial charge in [-0.25, -0.2) is 0 Å². The predicted molar refractivity (Wildman–Crippen MR) is 79.9 cm³/mol. The summed E-state index contributed by atoms with van der Waals surface area (Å²) in [6.45, 7) is 13.6.